The van der Waals surface area contributed by atoms with Gasteiger partial charge in [-0.2, -0.15) is 4.37 Å². The fourth-order valence-corrected chi connectivity index (χ4v) is 7.47. The number of amides is 1. The number of nitrogens with zero attached hydrogens (tertiary/aromatic N) is 1. The lowest BCUT2D eigenvalue weighted by Gasteiger charge is -2.14. The first-order valence-electron chi connectivity index (χ1n) is 11.7. The van der Waals surface area contributed by atoms with E-state index in [9.17, 15) is 14.0 Å². The van der Waals surface area contributed by atoms with Gasteiger partial charge >= 0.3 is 12.1 Å². The van der Waals surface area contributed by atoms with E-state index in [1.54, 1.807) is 24.3 Å². The Morgan fingerprint density at radius 1 is 1.05 bits per heavy atom. The number of aliphatic carboxylic acids is 1. The zero-order valence-corrected chi connectivity index (χ0v) is 23.2. The van der Waals surface area contributed by atoms with Crippen molar-refractivity contribution in [2.75, 3.05) is 5.32 Å². The minimum Gasteiger partial charge on any atom is -0.481 e. The van der Waals surface area contributed by atoms with Gasteiger partial charge in [0.05, 0.1) is 27.6 Å². The Bertz CT molecular complexity index is 1620. The molecule has 2 aromatic carbocycles. The Morgan fingerprint density at radius 2 is 1.74 bits per heavy atom. The average molecular weight is 567 g/mol. The number of anilines is 1. The molecule has 3 aromatic heterocycles. The summed E-state index contributed by atoms with van der Waals surface area (Å²) in [5, 5.41) is 11.9. The van der Waals surface area contributed by atoms with E-state index < -0.39 is 24.0 Å². The molecule has 0 unspecified atom stereocenters. The number of halogens is 1. The van der Waals surface area contributed by atoms with Crippen molar-refractivity contribution < 1.29 is 23.8 Å². The molecule has 38 heavy (non-hydrogen) atoms. The summed E-state index contributed by atoms with van der Waals surface area (Å²) in [5.74, 6) is -1.43. The summed E-state index contributed by atoms with van der Waals surface area (Å²) >= 11 is 4.31. The number of carbonyl (C=O) groups is 2. The monoisotopic (exact) mass is 566 g/mol. The zero-order chi connectivity index (χ0) is 27.0. The Morgan fingerprint density at radius 3 is 2.45 bits per heavy atom. The van der Waals surface area contributed by atoms with Crippen molar-refractivity contribution in [3.63, 3.8) is 0 Å². The summed E-state index contributed by atoms with van der Waals surface area (Å²) in [7, 11) is 0. The minimum absolute atomic E-state index is 0.213. The van der Waals surface area contributed by atoms with Gasteiger partial charge in [0.25, 0.3) is 0 Å². The molecule has 0 saturated heterocycles. The van der Waals surface area contributed by atoms with Crippen LogP contribution in [0, 0.1) is 19.7 Å². The number of aryl methyl sites for hydroxylation is 2. The first-order chi connectivity index (χ1) is 18.2. The van der Waals surface area contributed by atoms with Crippen LogP contribution < -0.4 is 5.32 Å². The third kappa shape index (κ3) is 5.33. The first kappa shape index (κ1) is 26.0. The molecule has 1 atom stereocenters. The molecule has 10 heteroatoms. The molecule has 0 aliphatic rings. The van der Waals surface area contributed by atoms with Crippen molar-refractivity contribution in [1.29, 1.82) is 0 Å². The number of carboxylic acid groups (broad SMARTS) is 1. The highest BCUT2D eigenvalue weighted by Crippen LogP contribution is 2.46. The number of thiophene rings is 2. The standard InChI is InChI=1S/C28H23FN2O4S3/c1-14-9-19(20(29)10-18(14)11-25(32)33)21-12-22-23(36-21)13-24(37-22)27-26(15(2)31-38-27)30-28(34)35-16(3)17-7-5-4-6-8-17/h4-10,12-13,16H,11H2,1-3H3,(H,30,34)(H,32,33)/t16-/m1/s1. The number of rotatable bonds is 7. The number of fused-ring (bicyclic) bond motifs is 1. The number of benzene rings is 2. The van der Waals surface area contributed by atoms with E-state index in [4.69, 9.17) is 9.84 Å². The molecule has 2 N–H and O–H groups in total. The van der Waals surface area contributed by atoms with Crippen LogP contribution in [-0.2, 0) is 16.0 Å². The molecule has 5 rings (SSSR count). The summed E-state index contributed by atoms with van der Waals surface area (Å²) in [6.07, 6.45) is -1.17. The smallest absolute Gasteiger partial charge is 0.412 e. The van der Waals surface area contributed by atoms with Gasteiger partial charge in [-0.05, 0) is 73.3 Å². The molecular formula is C28H23FN2O4S3. The summed E-state index contributed by atoms with van der Waals surface area (Å²) in [6, 6.07) is 16.5. The number of carboxylic acids is 1. The number of nitrogens with one attached hydrogen (secondary N) is 1. The lowest BCUT2D eigenvalue weighted by atomic mass is 10.0. The van der Waals surface area contributed by atoms with E-state index in [0.29, 0.717) is 22.5 Å². The minimum atomic E-state index is -0.990. The molecule has 0 aliphatic heterocycles. The highest BCUT2D eigenvalue weighted by atomic mass is 32.1. The molecule has 0 radical (unpaired) electrons. The second-order valence-electron chi connectivity index (χ2n) is 8.83. The summed E-state index contributed by atoms with van der Waals surface area (Å²) < 4.78 is 26.9. The largest absolute Gasteiger partial charge is 0.481 e. The molecule has 5 aromatic rings. The van der Waals surface area contributed by atoms with E-state index in [0.717, 1.165) is 35.2 Å². The van der Waals surface area contributed by atoms with Crippen LogP contribution in [0.2, 0.25) is 0 Å². The van der Waals surface area contributed by atoms with Crippen LogP contribution in [0.3, 0.4) is 0 Å². The maximum Gasteiger partial charge on any atom is 0.412 e. The topological polar surface area (TPSA) is 88.5 Å². The van der Waals surface area contributed by atoms with Crippen LogP contribution in [0.5, 0.6) is 0 Å². The molecule has 194 valence electrons. The number of aromatic nitrogens is 1. The molecule has 0 saturated carbocycles. The molecule has 0 bridgehead atoms. The Hall–Kier alpha value is -3.60. The third-order valence-electron chi connectivity index (χ3n) is 6.11. The first-order valence-corrected chi connectivity index (χ1v) is 14.1. The second-order valence-corrected chi connectivity index (χ2v) is 11.8. The van der Waals surface area contributed by atoms with Crippen molar-refractivity contribution >= 4 is 61.4 Å². The zero-order valence-electron chi connectivity index (χ0n) is 20.7. The Balaban J connectivity index is 1.37. The van der Waals surface area contributed by atoms with Crippen LogP contribution in [0.15, 0.2) is 54.6 Å². The van der Waals surface area contributed by atoms with Crippen molar-refractivity contribution in [3.05, 3.63) is 82.8 Å². The number of hydrogen-bond donors (Lipinski definition) is 2. The lowest BCUT2D eigenvalue weighted by Crippen LogP contribution is -2.16. The van der Waals surface area contributed by atoms with Crippen LogP contribution in [-0.4, -0.2) is 21.5 Å². The van der Waals surface area contributed by atoms with E-state index >= 15 is 0 Å². The van der Waals surface area contributed by atoms with E-state index in [-0.39, 0.29) is 6.42 Å². The Kier molecular flexibility index (Phi) is 7.29. The van der Waals surface area contributed by atoms with Crippen molar-refractivity contribution in [3.8, 4) is 20.2 Å². The quantitative estimate of drug-likeness (QED) is 0.206. The van der Waals surface area contributed by atoms with Gasteiger partial charge in [0.15, 0.2) is 0 Å². The average Bonchev–Trinajstić information content (AvgIpc) is 3.55. The van der Waals surface area contributed by atoms with Gasteiger partial charge < -0.3 is 9.84 Å². The SMILES string of the molecule is Cc1cc(-c2cc3sc(-c4snc(C)c4NC(=O)O[C@H](C)c4ccccc4)cc3s2)c(F)cc1CC(=O)O. The fraction of sp³-hybridized carbons (Fsp3) is 0.179. The molecule has 0 spiro atoms. The lowest BCUT2D eigenvalue weighted by molar-refractivity contribution is -0.136. The molecule has 6 nitrogen and oxygen atoms in total. The van der Waals surface area contributed by atoms with Crippen LogP contribution in [0.25, 0.3) is 29.6 Å². The van der Waals surface area contributed by atoms with Gasteiger partial charge in [-0.1, -0.05) is 30.3 Å². The van der Waals surface area contributed by atoms with Crippen molar-refractivity contribution in [2.45, 2.75) is 33.3 Å². The number of ether oxygens (including phenoxy) is 1. The van der Waals surface area contributed by atoms with E-state index in [1.807, 2.05) is 56.3 Å². The maximum atomic E-state index is 14.9. The molecule has 3 heterocycles. The van der Waals surface area contributed by atoms with Gasteiger partial charge in [-0.25, -0.2) is 9.18 Å². The van der Waals surface area contributed by atoms with Gasteiger partial charge in [0.1, 0.15) is 11.9 Å². The van der Waals surface area contributed by atoms with Gasteiger partial charge in [-0.15, -0.1) is 22.7 Å². The van der Waals surface area contributed by atoms with Gasteiger partial charge in [0.2, 0.25) is 0 Å². The molecule has 1 amide bonds. The predicted molar refractivity (Wildman–Crippen MR) is 152 cm³/mol. The summed E-state index contributed by atoms with van der Waals surface area (Å²) in [5.41, 5.74) is 3.89. The Labute approximate surface area is 230 Å². The molecule has 0 fully saturated rings. The highest BCUT2D eigenvalue weighted by Gasteiger charge is 2.21. The van der Waals surface area contributed by atoms with E-state index in [1.165, 1.54) is 28.9 Å². The van der Waals surface area contributed by atoms with Gasteiger partial charge in [-0.3, -0.25) is 10.1 Å². The second kappa shape index (κ2) is 10.6. The molecular weight excluding hydrogens is 544 g/mol. The number of hydrogen-bond acceptors (Lipinski definition) is 7. The third-order valence-corrected chi connectivity index (χ3v) is 9.55. The van der Waals surface area contributed by atoms with Crippen LogP contribution >= 0.6 is 34.2 Å². The summed E-state index contributed by atoms with van der Waals surface area (Å²) in [4.78, 5) is 26.3. The van der Waals surface area contributed by atoms with Crippen molar-refractivity contribution in [2.24, 2.45) is 0 Å². The van der Waals surface area contributed by atoms with E-state index in [2.05, 4.69) is 9.69 Å². The van der Waals surface area contributed by atoms with Crippen LogP contribution in [0.4, 0.5) is 14.9 Å². The fourth-order valence-electron chi connectivity index (χ4n) is 4.11. The highest BCUT2D eigenvalue weighted by molar-refractivity contribution is 7.32. The molecule has 0 aliphatic carbocycles. The normalized spacial score (nSPS) is 12.0. The van der Waals surface area contributed by atoms with Gasteiger partial charge in [0, 0.05) is 19.8 Å². The predicted octanol–water partition coefficient (Wildman–Crippen LogP) is 8.45. The van der Waals surface area contributed by atoms with Crippen molar-refractivity contribution in [1.82, 2.24) is 4.37 Å². The number of carbonyl (C=O) groups excluding carboxylic acids is 1. The summed E-state index contributed by atoms with van der Waals surface area (Å²) in [6.45, 7) is 5.45. The van der Waals surface area contributed by atoms with Crippen LogP contribution in [0.1, 0.15) is 35.4 Å². The maximum absolute atomic E-state index is 14.9.